The summed E-state index contributed by atoms with van der Waals surface area (Å²) in [6, 6.07) is 20.1. The van der Waals surface area contributed by atoms with Crippen LogP contribution in [0, 0.1) is 17.5 Å². The predicted octanol–water partition coefficient (Wildman–Crippen LogP) is 3.20. The molecule has 0 fully saturated rings. The van der Waals surface area contributed by atoms with Gasteiger partial charge in [0.25, 0.3) is 0 Å². The number of hydrogen-bond acceptors (Lipinski definition) is 0. The normalized spacial score (nSPS) is 11.5. The molecule has 4 heteroatoms. The van der Waals surface area contributed by atoms with Gasteiger partial charge in [0, 0.05) is 17.3 Å². The summed E-state index contributed by atoms with van der Waals surface area (Å²) in [6.07, 6.45) is 0. The summed E-state index contributed by atoms with van der Waals surface area (Å²) >= 11 is 0. The summed E-state index contributed by atoms with van der Waals surface area (Å²) in [6.45, 7) is 1.89. The van der Waals surface area contributed by atoms with Gasteiger partial charge in [0.1, 0.15) is 17.5 Å². The van der Waals surface area contributed by atoms with Gasteiger partial charge in [-0.3, -0.25) is 0 Å². The first-order valence-electron chi connectivity index (χ1n) is 7.29. The van der Waals surface area contributed by atoms with Crippen molar-refractivity contribution in [1.29, 1.82) is 0 Å². The lowest BCUT2D eigenvalue weighted by molar-refractivity contribution is 0.553. The van der Waals surface area contributed by atoms with E-state index in [1.54, 1.807) is 0 Å². The minimum atomic E-state index is -2.91. The van der Waals surface area contributed by atoms with E-state index in [2.05, 4.69) is 0 Å². The zero-order chi connectivity index (χ0) is 16.4. The van der Waals surface area contributed by atoms with Crippen molar-refractivity contribution < 1.29 is 13.2 Å². The Balaban J connectivity index is 2.35. The van der Waals surface area contributed by atoms with Crippen LogP contribution >= 0.6 is 0 Å². The van der Waals surface area contributed by atoms with Gasteiger partial charge in [0.15, 0.2) is 8.07 Å². The zero-order valence-electron chi connectivity index (χ0n) is 12.6. The van der Waals surface area contributed by atoms with E-state index in [9.17, 15) is 13.2 Å². The molecule has 0 spiro atoms. The molecule has 0 aromatic heterocycles. The Bertz CT molecular complexity index is 754. The third kappa shape index (κ3) is 2.70. The Hall–Kier alpha value is -2.33. The van der Waals surface area contributed by atoms with Gasteiger partial charge in [0.05, 0.1) is 0 Å². The van der Waals surface area contributed by atoms with E-state index in [0.29, 0.717) is 0 Å². The van der Waals surface area contributed by atoms with E-state index in [0.717, 1.165) is 22.5 Å². The van der Waals surface area contributed by atoms with Crippen LogP contribution in [0.4, 0.5) is 13.2 Å². The molecule has 23 heavy (non-hydrogen) atoms. The summed E-state index contributed by atoms with van der Waals surface area (Å²) in [4.78, 5) is 0. The first-order chi connectivity index (χ1) is 11.0. The highest BCUT2D eigenvalue weighted by atomic mass is 28.3. The Morgan fingerprint density at radius 3 is 1.43 bits per heavy atom. The fourth-order valence-electron chi connectivity index (χ4n) is 3.02. The molecule has 0 atom stereocenters. The Morgan fingerprint density at radius 1 is 0.652 bits per heavy atom. The molecule has 0 N–H and O–H groups in total. The van der Waals surface area contributed by atoms with Crippen LogP contribution in [0.15, 0.2) is 72.8 Å². The van der Waals surface area contributed by atoms with Crippen LogP contribution in [0.5, 0.6) is 0 Å². The molecule has 0 aliphatic carbocycles. The van der Waals surface area contributed by atoms with Crippen LogP contribution in [-0.4, -0.2) is 8.07 Å². The smallest absolute Gasteiger partial charge is 0.153 e. The first kappa shape index (κ1) is 15.6. The largest absolute Gasteiger partial charge is 0.207 e. The highest BCUT2D eigenvalue weighted by Gasteiger charge is 2.39. The second kappa shape index (κ2) is 6.05. The zero-order valence-corrected chi connectivity index (χ0v) is 13.6. The average Bonchev–Trinajstić information content (AvgIpc) is 2.55. The average molecular weight is 328 g/mol. The molecule has 3 aromatic carbocycles. The summed E-state index contributed by atoms with van der Waals surface area (Å²) in [5, 5.41) is 1.72. The summed E-state index contributed by atoms with van der Waals surface area (Å²) < 4.78 is 42.4. The minimum absolute atomic E-state index is 0.0173. The van der Waals surface area contributed by atoms with Gasteiger partial charge in [-0.1, -0.05) is 67.2 Å². The van der Waals surface area contributed by atoms with Crippen molar-refractivity contribution in [3.63, 3.8) is 0 Å². The van der Waals surface area contributed by atoms with Crippen LogP contribution in [0.1, 0.15) is 0 Å². The van der Waals surface area contributed by atoms with E-state index in [1.807, 2.05) is 67.2 Å². The summed E-state index contributed by atoms with van der Waals surface area (Å²) in [7, 11) is -2.91. The molecule has 0 aliphatic rings. The number of hydrogen-bond donors (Lipinski definition) is 0. The van der Waals surface area contributed by atoms with Crippen LogP contribution in [0.2, 0.25) is 6.55 Å². The standard InChI is InChI=1S/C19H15F3Si/c1-23(15-8-4-2-5-9-15,16-10-6-3-7-11-16)19-17(21)12-14(20)13-18(19)22/h2-13H,1H3. The molecule has 0 saturated heterocycles. The molecule has 0 bridgehead atoms. The van der Waals surface area contributed by atoms with Gasteiger partial charge in [-0.05, 0) is 10.4 Å². The number of halogens is 3. The maximum absolute atomic E-state index is 14.5. The van der Waals surface area contributed by atoms with E-state index in [4.69, 9.17) is 0 Å². The molecular formula is C19H15F3Si. The van der Waals surface area contributed by atoms with Crippen LogP contribution < -0.4 is 15.6 Å². The number of benzene rings is 3. The first-order valence-corrected chi connectivity index (χ1v) is 9.79. The van der Waals surface area contributed by atoms with Crippen molar-refractivity contribution >= 4 is 23.6 Å². The quantitative estimate of drug-likeness (QED) is 0.512. The summed E-state index contributed by atoms with van der Waals surface area (Å²) in [5.41, 5.74) is 0. The van der Waals surface area contributed by atoms with E-state index in [-0.39, 0.29) is 5.19 Å². The Labute approximate surface area is 134 Å². The molecule has 0 nitrogen and oxygen atoms in total. The lowest BCUT2D eigenvalue weighted by Crippen LogP contribution is -2.66. The minimum Gasteiger partial charge on any atom is -0.207 e. The second-order valence-electron chi connectivity index (χ2n) is 5.60. The fourth-order valence-corrected chi connectivity index (χ4v) is 6.75. The molecule has 0 heterocycles. The maximum Gasteiger partial charge on any atom is 0.153 e. The molecule has 0 unspecified atom stereocenters. The topological polar surface area (TPSA) is 0 Å². The SMILES string of the molecule is C[Si](c1ccccc1)(c1ccccc1)c1c(F)cc(F)cc1F. The highest BCUT2D eigenvalue weighted by molar-refractivity contribution is 7.10. The van der Waals surface area contributed by atoms with Crippen molar-refractivity contribution in [3.05, 3.63) is 90.2 Å². The second-order valence-corrected chi connectivity index (χ2v) is 9.51. The van der Waals surface area contributed by atoms with Crippen LogP contribution in [0.3, 0.4) is 0 Å². The van der Waals surface area contributed by atoms with E-state index in [1.165, 1.54) is 0 Å². The van der Waals surface area contributed by atoms with Gasteiger partial charge in [0.2, 0.25) is 0 Å². The lowest BCUT2D eigenvalue weighted by Gasteiger charge is -2.30. The monoisotopic (exact) mass is 328 g/mol. The highest BCUT2D eigenvalue weighted by Crippen LogP contribution is 2.13. The van der Waals surface area contributed by atoms with Crippen LogP contribution in [-0.2, 0) is 0 Å². The maximum atomic E-state index is 14.5. The summed E-state index contributed by atoms with van der Waals surface area (Å²) in [5.74, 6) is -2.56. The molecule has 3 rings (SSSR count). The van der Waals surface area contributed by atoms with E-state index >= 15 is 0 Å². The van der Waals surface area contributed by atoms with Crippen molar-refractivity contribution in [1.82, 2.24) is 0 Å². The van der Waals surface area contributed by atoms with Crippen molar-refractivity contribution in [3.8, 4) is 0 Å². The van der Waals surface area contributed by atoms with Gasteiger partial charge < -0.3 is 0 Å². The molecule has 0 amide bonds. The third-order valence-corrected chi connectivity index (χ3v) is 8.66. The van der Waals surface area contributed by atoms with Crippen LogP contribution in [0.25, 0.3) is 0 Å². The van der Waals surface area contributed by atoms with E-state index < -0.39 is 25.5 Å². The Morgan fingerprint density at radius 2 is 1.04 bits per heavy atom. The van der Waals surface area contributed by atoms with Gasteiger partial charge in [-0.25, -0.2) is 13.2 Å². The third-order valence-electron chi connectivity index (χ3n) is 4.21. The van der Waals surface area contributed by atoms with Crippen molar-refractivity contribution in [2.45, 2.75) is 6.55 Å². The molecule has 0 saturated carbocycles. The molecule has 116 valence electrons. The molecule has 0 aliphatic heterocycles. The van der Waals surface area contributed by atoms with Crippen molar-refractivity contribution in [2.24, 2.45) is 0 Å². The molecular weight excluding hydrogens is 313 g/mol. The lowest BCUT2D eigenvalue weighted by atomic mass is 10.3. The molecule has 3 aromatic rings. The van der Waals surface area contributed by atoms with Gasteiger partial charge in [-0.2, -0.15) is 0 Å². The van der Waals surface area contributed by atoms with Crippen molar-refractivity contribution in [2.75, 3.05) is 0 Å². The molecule has 0 radical (unpaired) electrons. The predicted molar refractivity (Wildman–Crippen MR) is 89.7 cm³/mol. The fraction of sp³-hybridized carbons (Fsp3) is 0.0526. The van der Waals surface area contributed by atoms with Gasteiger partial charge in [-0.15, -0.1) is 0 Å². The number of rotatable bonds is 3. The van der Waals surface area contributed by atoms with Gasteiger partial charge >= 0.3 is 0 Å². The Kier molecular flexibility index (Phi) is 4.09.